The molecule has 1 aromatic carbocycles. The Labute approximate surface area is 121 Å². The van der Waals surface area contributed by atoms with Crippen LogP contribution < -0.4 is 4.74 Å². The molecular formula is C15H24O4S. The fourth-order valence-electron chi connectivity index (χ4n) is 2.22. The maximum atomic E-state index is 12.0. The Morgan fingerprint density at radius 2 is 1.90 bits per heavy atom. The van der Waals surface area contributed by atoms with E-state index in [9.17, 15) is 13.5 Å². The highest BCUT2D eigenvalue weighted by molar-refractivity contribution is 7.90. The number of hydrogen-bond donors (Lipinski definition) is 1. The van der Waals surface area contributed by atoms with Crippen molar-refractivity contribution < 1.29 is 18.3 Å². The molecule has 0 aliphatic rings. The molecule has 0 saturated heterocycles. The van der Waals surface area contributed by atoms with Gasteiger partial charge in [0.05, 0.1) is 17.6 Å². The minimum Gasteiger partial charge on any atom is -0.494 e. The largest absolute Gasteiger partial charge is 0.494 e. The van der Waals surface area contributed by atoms with Gasteiger partial charge < -0.3 is 9.84 Å². The van der Waals surface area contributed by atoms with E-state index in [1.165, 1.54) is 6.07 Å². The van der Waals surface area contributed by atoms with Crippen LogP contribution in [0, 0.1) is 0 Å². The molecule has 0 spiro atoms. The lowest BCUT2D eigenvalue weighted by atomic mass is 9.99. The van der Waals surface area contributed by atoms with Crippen LogP contribution in [-0.4, -0.2) is 26.4 Å². The predicted octanol–water partition coefficient (Wildman–Crippen LogP) is 2.88. The van der Waals surface area contributed by atoms with Gasteiger partial charge in [-0.25, -0.2) is 8.42 Å². The molecule has 0 aromatic heterocycles. The summed E-state index contributed by atoms with van der Waals surface area (Å²) in [4.78, 5) is 0.171. The van der Waals surface area contributed by atoms with Gasteiger partial charge in [0.1, 0.15) is 5.75 Å². The first kappa shape index (κ1) is 17.0. The summed E-state index contributed by atoms with van der Waals surface area (Å²) in [6.45, 7) is 6.15. The maximum Gasteiger partial charge on any atom is 0.176 e. The van der Waals surface area contributed by atoms with Crippen molar-refractivity contribution >= 4 is 9.84 Å². The third kappa shape index (κ3) is 4.21. The summed E-state index contributed by atoms with van der Waals surface area (Å²) in [5, 5.41) is 9.94. The summed E-state index contributed by atoms with van der Waals surface area (Å²) < 4.78 is 29.5. The second-order valence-corrected chi connectivity index (χ2v) is 7.02. The SMILES string of the molecule is CCCOc1cc(CCC)c(C(C)O)c(S(C)(=O)=O)c1. The van der Waals surface area contributed by atoms with Crippen LogP contribution in [0.15, 0.2) is 17.0 Å². The molecule has 1 N–H and O–H groups in total. The lowest BCUT2D eigenvalue weighted by molar-refractivity contribution is 0.194. The highest BCUT2D eigenvalue weighted by atomic mass is 32.2. The van der Waals surface area contributed by atoms with E-state index in [1.807, 2.05) is 19.9 Å². The van der Waals surface area contributed by atoms with Gasteiger partial charge in [0.2, 0.25) is 0 Å². The Morgan fingerprint density at radius 1 is 1.25 bits per heavy atom. The first-order valence-electron chi connectivity index (χ1n) is 6.99. The summed E-state index contributed by atoms with van der Waals surface area (Å²) >= 11 is 0. The lowest BCUT2D eigenvalue weighted by Crippen LogP contribution is -2.10. The molecule has 0 amide bonds. The molecule has 0 aliphatic heterocycles. The maximum absolute atomic E-state index is 12.0. The van der Waals surface area contributed by atoms with Gasteiger partial charge in [-0.2, -0.15) is 0 Å². The monoisotopic (exact) mass is 300 g/mol. The number of benzene rings is 1. The van der Waals surface area contributed by atoms with Gasteiger partial charge in [-0.05, 0) is 37.5 Å². The van der Waals surface area contributed by atoms with Crippen molar-refractivity contribution in [3.63, 3.8) is 0 Å². The molecule has 0 fully saturated rings. The summed E-state index contributed by atoms with van der Waals surface area (Å²) in [5.41, 5.74) is 1.34. The second kappa shape index (κ2) is 7.09. The van der Waals surface area contributed by atoms with Crippen molar-refractivity contribution in [1.29, 1.82) is 0 Å². The molecule has 1 unspecified atom stereocenters. The molecule has 114 valence electrons. The lowest BCUT2D eigenvalue weighted by Gasteiger charge is -2.18. The molecule has 1 atom stereocenters. The van der Waals surface area contributed by atoms with Crippen molar-refractivity contribution in [2.75, 3.05) is 12.9 Å². The Morgan fingerprint density at radius 3 is 2.35 bits per heavy atom. The number of sulfone groups is 1. The van der Waals surface area contributed by atoms with E-state index < -0.39 is 15.9 Å². The number of aryl methyl sites for hydroxylation is 1. The molecule has 0 bridgehead atoms. The summed E-state index contributed by atoms with van der Waals surface area (Å²) in [5.74, 6) is 0.556. The zero-order valence-electron chi connectivity index (χ0n) is 12.6. The van der Waals surface area contributed by atoms with Gasteiger partial charge in [0, 0.05) is 11.8 Å². The molecular weight excluding hydrogens is 276 g/mol. The van der Waals surface area contributed by atoms with E-state index in [0.29, 0.717) is 24.3 Å². The normalized spacial score (nSPS) is 13.2. The molecule has 20 heavy (non-hydrogen) atoms. The zero-order chi connectivity index (χ0) is 15.3. The average molecular weight is 300 g/mol. The molecule has 4 nitrogen and oxygen atoms in total. The first-order chi connectivity index (χ1) is 9.31. The van der Waals surface area contributed by atoms with Crippen molar-refractivity contribution in [3.05, 3.63) is 23.3 Å². The van der Waals surface area contributed by atoms with Crippen LogP contribution >= 0.6 is 0 Å². The van der Waals surface area contributed by atoms with Crippen LogP contribution in [0.1, 0.15) is 50.8 Å². The summed E-state index contributed by atoms with van der Waals surface area (Å²) in [6, 6.07) is 3.36. The minimum absolute atomic E-state index is 0.171. The molecule has 0 aliphatic carbocycles. The molecule has 1 rings (SSSR count). The first-order valence-corrected chi connectivity index (χ1v) is 8.88. The van der Waals surface area contributed by atoms with Crippen LogP contribution in [0.5, 0.6) is 5.75 Å². The Hall–Kier alpha value is -1.07. The second-order valence-electron chi connectivity index (χ2n) is 5.04. The van der Waals surface area contributed by atoms with E-state index >= 15 is 0 Å². The molecule has 5 heteroatoms. The van der Waals surface area contributed by atoms with Gasteiger partial charge in [-0.15, -0.1) is 0 Å². The van der Waals surface area contributed by atoms with Crippen LogP contribution in [0.3, 0.4) is 0 Å². The zero-order valence-corrected chi connectivity index (χ0v) is 13.5. The van der Waals surface area contributed by atoms with Crippen LogP contribution in [0.4, 0.5) is 0 Å². The molecule has 0 heterocycles. The van der Waals surface area contributed by atoms with Gasteiger partial charge >= 0.3 is 0 Å². The van der Waals surface area contributed by atoms with Crippen molar-refractivity contribution in [2.45, 2.75) is 51.0 Å². The fourth-order valence-corrected chi connectivity index (χ4v) is 3.25. The third-order valence-electron chi connectivity index (χ3n) is 3.01. The number of hydrogen-bond acceptors (Lipinski definition) is 4. The highest BCUT2D eigenvalue weighted by Gasteiger charge is 2.21. The highest BCUT2D eigenvalue weighted by Crippen LogP contribution is 2.32. The van der Waals surface area contributed by atoms with E-state index in [1.54, 1.807) is 6.92 Å². The molecule has 0 saturated carbocycles. The number of rotatable bonds is 7. The smallest absolute Gasteiger partial charge is 0.176 e. The van der Waals surface area contributed by atoms with Crippen LogP contribution in [-0.2, 0) is 16.3 Å². The molecule has 1 aromatic rings. The third-order valence-corrected chi connectivity index (χ3v) is 4.15. The van der Waals surface area contributed by atoms with Gasteiger partial charge in [-0.3, -0.25) is 0 Å². The Bertz CT molecular complexity index is 547. The van der Waals surface area contributed by atoms with Crippen molar-refractivity contribution in [2.24, 2.45) is 0 Å². The Kier molecular flexibility index (Phi) is 6.02. The van der Waals surface area contributed by atoms with E-state index in [2.05, 4.69) is 0 Å². The average Bonchev–Trinajstić information content (AvgIpc) is 2.34. The van der Waals surface area contributed by atoms with Crippen molar-refractivity contribution in [3.8, 4) is 5.75 Å². The number of aliphatic hydroxyl groups is 1. The van der Waals surface area contributed by atoms with E-state index in [4.69, 9.17) is 4.74 Å². The van der Waals surface area contributed by atoms with Gasteiger partial charge in [0.25, 0.3) is 0 Å². The van der Waals surface area contributed by atoms with Crippen LogP contribution in [0.2, 0.25) is 0 Å². The van der Waals surface area contributed by atoms with Gasteiger partial charge in [0.15, 0.2) is 9.84 Å². The summed E-state index contributed by atoms with van der Waals surface area (Å²) in [6.07, 6.45) is 2.79. The van der Waals surface area contributed by atoms with E-state index in [-0.39, 0.29) is 4.90 Å². The summed E-state index contributed by atoms with van der Waals surface area (Å²) in [7, 11) is -3.41. The van der Waals surface area contributed by atoms with Crippen molar-refractivity contribution in [1.82, 2.24) is 0 Å². The standard InChI is InChI=1S/C15H24O4S/c1-5-7-12-9-13(19-8-6-2)10-14(20(4,17)18)15(12)11(3)16/h9-11,16H,5-8H2,1-4H3. The number of ether oxygens (including phenoxy) is 1. The van der Waals surface area contributed by atoms with Crippen LogP contribution in [0.25, 0.3) is 0 Å². The number of aliphatic hydroxyl groups excluding tert-OH is 1. The molecule has 0 radical (unpaired) electrons. The predicted molar refractivity (Wildman–Crippen MR) is 80.0 cm³/mol. The quantitative estimate of drug-likeness (QED) is 0.841. The minimum atomic E-state index is -3.41. The fraction of sp³-hybridized carbons (Fsp3) is 0.600. The Balaban J connectivity index is 3.46. The van der Waals surface area contributed by atoms with Gasteiger partial charge in [-0.1, -0.05) is 20.3 Å². The topological polar surface area (TPSA) is 63.6 Å². The van der Waals surface area contributed by atoms with E-state index in [0.717, 1.165) is 24.7 Å².